The first kappa shape index (κ1) is 16.8. The van der Waals surface area contributed by atoms with Crippen LogP contribution in [0, 0.1) is 19.8 Å². The van der Waals surface area contributed by atoms with Gasteiger partial charge in [-0.2, -0.15) is 4.39 Å². The SMILES string of the molecule is CC.Cc1cc(-c2ccc(F)nc2)ccc1-c1cnccc1C. The molecule has 23 heavy (non-hydrogen) atoms. The molecule has 0 saturated heterocycles. The molecule has 0 atom stereocenters. The van der Waals surface area contributed by atoms with E-state index in [0.717, 1.165) is 22.3 Å². The number of halogens is 1. The zero-order valence-electron chi connectivity index (χ0n) is 14.0. The highest BCUT2D eigenvalue weighted by molar-refractivity contribution is 5.74. The second kappa shape index (κ2) is 7.63. The fraction of sp³-hybridized carbons (Fsp3) is 0.200. The number of hydrogen-bond acceptors (Lipinski definition) is 2. The summed E-state index contributed by atoms with van der Waals surface area (Å²) in [5, 5.41) is 0. The summed E-state index contributed by atoms with van der Waals surface area (Å²) < 4.78 is 12.9. The van der Waals surface area contributed by atoms with E-state index in [1.165, 1.54) is 17.2 Å². The average Bonchev–Trinajstić information content (AvgIpc) is 2.58. The standard InChI is InChI=1S/C18H15FN2.C2H6/c1-12-7-8-20-11-17(12)16-5-3-14(9-13(16)2)15-4-6-18(19)21-10-15;1-2/h3-11H,1-2H3;1-2H3. The Morgan fingerprint density at radius 2 is 1.52 bits per heavy atom. The normalized spacial score (nSPS) is 9.96. The van der Waals surface area contributed by atoms with Crippen molar-refractivity contribution in [1.82, 2.24) is 9.97 Å². The second-order valence-corrected chi connectivity index (χ2v) is 5.09. The zero-order chi connectivity index (χ0) is 16.8. The van der Waals surface area contributed by atoms with Crippen LogP contribution < -0.4 is 0 Å². The van der Waals surface area contributed by atoms with E-state index < -0.39 is 5.95 Å². The lowest BCUT2D eigenvalue weighted by Gasteiger charge is -2.11. The summed E-state index contributed by atoms with van der Waals surface area (Å²) >= 11 is 0. The van der Waals surface area contributed by atoms with Crippen molar-refractivity contribution in [3.8, 4) is 22.3 Å². The van der Waals surface area contributed by atoms with E-state index >= 15 is 0 Å². The molecule has 0 unspecified atom stereocenters. The maximum Gasteiger partial charge on any atom is 0.212 e. The quantitative estimate of drug-likeness (QED) is 0.576. The van der Waals surface area contributed by atoms with Crippen LogP contribution in [0.1, 0.15) is 25.0 Å². The number of benzene rings is 1. The van der Waals surface area contributed by atoms with E-state index in [9.17, 15) is 4.39 Å². The predicted molar refractivity (Wildman–Crippen MR) is 93.7 cm³/mol. The van der Waals surface area contributed by atoms with Crippen LogP contribution in [-0.4, -0.2) is 9.97 Å². The second-order valence-electron chi connectivity index (χ2n) is 5.09. The van der Waals surface area contributed by atoms with E-state index in [1.807, 2.05) is 32.2 Å². The predicted octanol–water partition coefficient (Wildman–Crippen LogP) is 5.59. The molecule has 0 spiro atoms. The summed E-state index contributed by atoms with van der Waals surface area (Å²) in [7, 11) is 0. The molecule has 2 aromatic heterocycles. The lowest BCUT2D eigenvalue weighted by Crippen LogP contribution is -1.90. The summed E-state index contributed by atoms with van der Waals surface area (Å²) in [4.78, 5) is 7.90. The largest absolute Gasteiger partial charge is 0.264 e. The molecule has 0 N–H and O–H groups in total. The lowest BCUT2D eigenvalue weighted by molar-refractivity contribution is 0.584. The van der Waals surface area contributed by atoms with E-state index in [1.54, 1.807) is 18.5 Å². The Kier molecular flexibility index (Phi) is 5.58. The molecule has 3 aromatic rings. The molecule has 0 amide bonds. The van der Waals surface area contributed by atoms with Crippen LogP contribution >= 0.6 is 0 Å². The van der Waals surface area contributed by atoms with Crippen LogP contribution in [-0.2, 0) is 0 Å². The Morgan fingerprint density at radius 1 is 0.783 bits per heavy atom. The first-order valence-electron chi connectivity index (χ1n) is 7.79. The van der Waals surface area contributed by atoms with Crippen LogP contribution in [0.25, 0.3) is 22.3 Å². The molecule has 2 heterocycles. The van der Waals surface area contributed by atoms with E-state index in [4.69, 9.17) is 0 Å². The molecule has 0 bridgehead atoms. The first-order valence-corrected chi connectivity index (χ1v) is 7.79. The molecule has 0 aliphatic rings. The zero-order valence-corrected chi connectivity index (χ0v) is 14.0. The summed E-state index contributed by atoms with van der Waals surface area (Å²) in [6, 6.07) is 11.3. The van der Waals surface area contributed by atoms with Gasteiger partial charge >= 0.3 is 0 Å². The highest BCUT2D eigenvalue weighted by atomic mass is 19.1. The van der Waals surface area contributed by atoms with Crippen LogP contribution in [0.4, 0.5) is 4.39 Å². The third-order valence-electron chi connectivity index (χ3n) is 3.62. The summed E-state index contributed by atoms with van der Waals surface area (Å²) in [6.45, 7) is 8.15. The van der Waals surface area contributed by atoms with Crippen molar-refractivity contribution in [2.45, 2.75) is 27.7 Å². The number of nitrogens with zero attached hydrogens (tertiary/aromatic N) is 2. The van der Waals surface area contributed by atoms with E-state index in [-0.39, 0.29) is 0 Å². The van der Waals surface area contributed by atoms with Gasteiger partial charge in [0.2, 0.25) is 5.95 Å². The number of aromatic nitrogens is 2. The minimum Gasteiger partial charge on any atom is -0.264 e. The molecular formula is C20H21FN2. The summed E-state index contributed by atoms with van der Waals surface area (Å²) in [5.41, 5.74) is 6.61. The smallest absolute Gasteiger partial charge is 0.212 e. The van der Waals surface area contributed by atoms with Gasteiger partial charge in [0.1, 0.15) is 0 Å². The van der Waals surface area contributed by atoms with Crippen molar-refractivity contribution in [3.63, 3.8) is 0 Å². The van der Waals surface area contributed by atoms with Crippen molar-refractivity contribution < 1.29 is 4.39 Å². The number of rotatable bonds is 2. The molecule has 2 nitrogen and oxygen atoms in total. The van der Waals surface area contributed by atoms with E-state index in [0.29, 0.717) is 0 Å². The fourth-order valence-electron chi connectivity index (χ4n) is 2.44. The van der Waals surface area contributed by atoms with Gasteiger partial charge in [0, 0.05) is 29.7 Å². The van der Waals surface area contributed by atoms with Gasteiger partial charge in [-0.15, -0.1) is 0 Å². The molecule has 0 aliphatic heterocycles. The number of aryl methyl sites for hydroxylation is 2. The average molecular weight is 308 g/mol. The highest BCUT2D eigenvalue weighted by Crippen LogP contribution is 2.29. The minimum absolute atomic E-state index is 0.460. The molecule has 118 valence electrons. The van der Waals surface area contributed by atoms with Crippen molar-refractivity contribution in [3.05, 3.63) is 72.1 Å². The van der Waals surface area contributed by atoms with Crippen LogP contribution in [0.2, 0.25) is 0 Å². The van der Waals surface area contributed by atoms with Gasteiger partial charge in [0.05, 0.1) is 0 Å². The highest BCUT2D eigenvalue weighted by Gasteiger charge is 2.07. The van der Waals surface area contributed by atoms with Crippen molar-refractivity contribution in [2.75, 3.05) is 0 Å². The Morgan fingerprint density at radius 3 is 2.13 bits per heavy atom. The lowest BCUT2D eigenvalue weighted by atomic mass is 9.95. The Hall–Kier alpha value is -2.55. The van der Waals surface area contributed by atoms with Gasteiger partial charge in [-0.1, -0.05) is 32.0 Å². The minimum atomic E-state index is -0.460. The van der Waals surface area contributed by atoms with Gasteiger partial charge in [-0.3, -0.25) is 4.98 Å². The number of pyridine rings is 2. The van der Waals surface area contributed by atoms with Gasteiger partial charge in [-0.25, -0.2) is 4.98 Å². The van der Waals surface area contributed by atoms with Crippen molar-refractivity contribution in [2.24, 2.45) is 0 Å². The van der Waals surface area contributed by atoms with Crippen molar-refractivity contribution >= 4 is 0 Å². The monoisotopic (exact) mass is 308 g/mol. The molecule has 0 aliphatic carbocycles. The maximum atomic E-state index is 12.9. The van der Waals surface area contributed by atoms with Gasteiger partial charge < -0.3 is 0 Å². The van der Waals surface area contributed by atoms with E-state index in [2.05, 4.69) is 35.9 Å². The Labute approximate surface area is 137 Å². The van der Waals surface area contributed by atoms with Crippen LogP contribution in [0.5, 0.6) is 0 Å². The first-order chi connectivity index (χ1) is 11.1. The summed E-state index contributed by atoms with van der Waals surface area (Å²) in [6.07, 6.45) is 5.24. The molecule has 3 rings (SSSR count). The Balaban J connectivity index is 0.000000924. The third kappa shape index (κ3) is 3.81. The maximum absolute atomic E-state index is 12.9. The van der Waals surface area contributed by atoms with Crippen LogP contribution in [0.3, 0.4) is 0 Å². The fourth-order valence-corrected chi connectivity index (χ4v) is 2.44. The molecule has 0 saturated carbocycles. The van der Waals surface area contributed by atoms with Crippen molar-refractivity contribution in [1.29, 1.82) is 0 Å². The molecule has 0 radical (unpaired) electrons. The number of hydrogen-bond donors (Lipinski definition) is 0. The molecule has 0 fully saturated rings. The third-order valence-corrected chi connectivity index (χ3v) is 3.62. The Bertz CT molecular complexity index is 780. The van der Waals surface area contributed by atoms with Crippen LogP contribution in [0.15, 0.2) is 55.0 Å². The molecule has 1 aromatic carbocycles. The van der Waals surface area contributed by atoms with Gasteiger partial charge in [-0.05, 0) is 54.3 Å². The van der Waals surface area contributed by atoms with Gasteiger partial charge in [0.15, 0.2) is 0 Å². The topological polar surface area (TPSA) is 25.8 Å². The molecule has 3 heteroatoms. The summed E-state index contributed by atoms with van der Waals surface area (Å²) in [5.74, 6) is -0.460. The molecular weight excluding hydrogens is 287 g/mol. The van der Waals surface area contributed by atoms with Gasteiger partial charge in [0.25, 0.3) is 0 Å².